The van der Waals surface area contributed by atoms with Crippen molar-refractivity contribution in [1.82, 2.24) is 4.90 Å². The average Bonchev–Trinajstić information content (AvgIpc) is 2.66. The van der Waals surface area contributed by atoms with E-state index in [1.165, 1.54) is 16.7 Å². The first-order valence-electron chi connectivity index (χ1n) is 6.83. The van der Waals surface area contributed by atoms with Crippen LogP contribution in [0.2, 0.25) is 10.0 Å². The van der Waals surface area contributed by atoms with Crippen LogP contribution in [0.15, 0.2) is 30.3 Å². The van der Waals surface area contributed by atoms with Crippen molar-refractivity contribution in [2.24, 2.45) is 0 Å². The SMILES string of the molecule is Br.Cc1cc(C)cc(CN2Cc3cc(Cl)c(Cl)cc3C2=N)c1. The number of nitrogens with one attached hydrogen (secondary N) is 1. The molecule has 2 nitrogen and oxygen atoms in total. The Morgan fingerprint density at radius 3 is 2.23 bits per heavy atom. The molecule has 0 spiro atoms. The van der Waals surface area contributed by atoms with Crippen LogP contribution in [-0.4, -0.2) is 10.7 Å². The number of rotatable bonds is 2. The van der Waals surface area contributed by atoms with Crippen molar-refractivity contribution in [3.8, 4) is 0 Å². The molecule has 3 rings (SSSR count). The van der Waals surface area contributed by atoms with E-state index >= 15 is 0 Å². The molecule has 0 atom stereocenters. The first-order chi connectivity index (χ1) is 9.94. The topological polar surface area (TPSA) is 27.1 Å². The van der Waals surface area contributed by atoms with E-state index in [1.807, 2.05) is 11.0 Å². The van der Waals surface area contributed by atoms with Gasteiger partial charge in [0.15, 0.2) is 0 Å². The molecule has 0 aromatic heterocycles. The van der Waals surface area contributed by atoms with Gasteiger partial charge in [-0.2, -0.15) is 0 Å². The van der Waals surface area contributed by atoms with Gasteiger partial charge in [0.1, 0.15) is 5.84 Å². The van der Waals surface area contributed by atoms with E-state index in [4.69, 9.17) is 28.6 Å². The Kier molecular flexibility index (Phi) is 5.21. The summed E-state index contributed by atoms with van der Waals surface area (Å²) in [6.45, 7) is 5.63. The lowest BCUT2D eigenvalue weighted by atomic mass is 10.1. The maximum absolute atomic E-state index is 8.34. The fourth-order valence-electron chi connectivity index (χ4n) is 2.91. The van der Waals surface area contributed by atoms with Crippen molar-refractivity contribution >= 4 is 46.0 Å². The van der Waals surface area contributed by atoms with E-state index in [9.17, 15) is 0 Å². The fraction of sp³-hybridized carbons (Fsp3) is 0.235. The molecule has 2 aromatic rings. The molecule has 5 heteroatoms. The van der Waals surface area contributed by atoms with Crippen molar-refractivity contribution in [3.05, 3.63) is 68.2 Å². The van der Waals surface area contributed by atoms with Gasteiger partial charge in [0, 0.05) is 18.7 Å². The fourth-order valence-corrected chi connectivity index (χ4v) is 3.26. The van der Waals surface area contributed by atoms with Crippen molar-refractivity contribution in [2.45, 2.75) is 26.9 Å². The Morgan fingerprint density at radius 1 is 1.00 bits per heavy atom. The molecule has 0 saturated carbocycles. The zero-order valence-electron chi connectivity index (χ0n) is 12.4. The van der Waals surface area contributed by atoms with Crippen LogP contribution in [0.25, 0.3) is 0 Å². The summed E-state index contributed by atoms with van der Waals surface area (Å²) >= 11 is 12.1. The lowest BCUT2D eigenvalue weighted by molar-refractivity contribution is 0.422. The van der Waals surface area contributed by atoms with Crippen LogP contribution in [-0.2, 0) is 13.1 Å². The molecule has 0 aliphatic carbocycles. The van der Waals surface area contributed by atoms with Gasteiger partial charge in [-0.15, -0.1) is 17.0 Å². The third-order valence-corrected chi connectivity index (χ3v) is 4.46. The van der Waals surface area contributed by atoms with Gasteiger partial charge in [-0.1, -0.05) is 52.5 Å². The van der Waals surface area contributed by atoms with Gasteiger partial charge in [-0.05, 0) is 37.1 Å². The second-order valence-corrected chi connectivity index (χ2v) is 6.44. The molecule has 1 heterocycles. The van der Waals surface area contributed by atoms with E-state index < -0.39 is 0 Å². The van der Waals surface area contributed by atoms with Gasteiger partial charge in [0.05, 0.1) is 10.0 Å². The maximum atomic E-state index is 8.34. The minimum Gasteiger partial charge on any atom is -0.348 e. The van der Waals surface area contributed by atoms with Gasteiger partial charge in [-0.3, -0.25) is 5.41 Å². The van der Waals surface area contributed by atoms with E-state index in [0.717, 1.165) is 17.7 Å². The third kappa shape index (κ3) is 3.32. The van der Waals surface area contributed by atoms with E-state index in [-0.39, 0.29) is 17.0 Å². The van der Waals surface area contributed by atoms with Crippen LogP contribution in [0.3, 0.4) is 0 Å². The molecule has 0 fully saturated rings. The number of hydrogen-bond acceptors (Lipinski definition) is 1. The van der Waals surface area contributed by atoms with Crippen LogP contribution in [0.1, 0.15) is 27.8 Å². The van der Waals surface area contributed by atoms with Crippen molar-refractivity contribution < 1.29 is 0 Å². The third-order valence-electron chi connectivity index (χ3n) is 3.73. The lowest BCUT2D eigenvalue weighted by Gasteiger charge is -2.18. The Morgan fingerprint density at radius 2 is 1.59 bits per heavy atom. The van der Waals surface area contributed by atoms with Crippen LogP contribution in [0.5, 0.6) is 0 Å². The Bertz CT molecular complexity index is 723. The highest BCUT2D eigenvalue weighted by Crippen LogP contribution is 2.32. The Hall–Kier alpha value is -1.03. The Balaban J connectivity index is 0.00000176. The molecule has 1 aliphatic rings. The number of fused-ring (bicyclic) bond motifs is 1. The predicted octanol–water partition coefficient (Wildman–Crippen LogP) is 5.53. The quantitative estimate of drug-likeness (QED) is 0.706. The molecule has 0 bridgehead atoms. The molecule has 0 radical (unpaired) electrons. The van der Waals surface area contributed by atoms with Gasteiger partial charge in [0.2, 0.25) is 0 Å². The summed E-state index contributed by atoms with van der Waals surface area (Å²) in [6, 6.07) is 10.2. The molecule has 0 unspecified atom stereocenters. The molecule has 0 amide bonds. The largest absolute Gasteiger partial charge is 0.348 e. The first-order valence-corrected chi connectivity index (χ1v) is 7.58. The molecular formula is C17H17BrCl2N2. The minimum absolute atomic E-state index is 0. The van der Waals surface area contributed by atoms with Gasteiger partial charge in [0.25, 0.3) is 0 Å². The van der Waals surface area contributed by atoms with Gasteiger partial charge in [-0.25, -0.2) is 0 Å². The number of halogens is 3. The summed E-state index contributed by atoms with van der Waals surface area (Å²) in [5.74, 6) is 0.516. The zero-order valence-corrected chi connectivity index (χ0v) is 15.6. The van der Waals surface area contributed by atoms with Crippen molar-refractivity contribution in [3.63, 3.8) is 0 Å². The summed E-state index contributed by atoms with van der Waals surface area (Å²) in [5.41, 5.74) is 5.67. The molecule has 2 aromatic carbocycles. The second-order valence-electron chi connectivity index (χ2n) is 5.62. The normalized spacial score (nSPS) is 13.1. The predicted molar refractivity (Wildman–Crippen MR) is 98.8 cm³/mol. The monoisotopic (exact) mass is 398 g/mol. The number of benzene rings is 2. The summed E-state index contributed by atoms with van der Waals surface area (Å²) in [6.07, 6.45) is 0. The van der Waals surface area contributed by atoms with Gasteiger partial charge >= 0.3 is 0 Å². The summed E-state index contributed by atoms with van der Waals surface area (Å²) in [5, 5.41) is 9.40. The number of amidine groups is 1. The average molecular weight is 400 g/mol. The standard InChI is InChI=1S/C17H16Cl2N2.BrH/c1-10-3-11(2)5-12(4-10)8-21-9-13-6-15(18)16(19)7-14(13)17(21)20;/h3-7,20H,8-9H2,1-2H3;1H. The maximum Gasteiger partial charge on any atom is 0.129 e. The highest BCUT2D eigenvalue weighted by atomic mass is 79.9. The van der Waals surface area contributed by atoms with E-state index in [1.54, 1.807) is 6.07 Å². The van der Waals surface area contributed by atoms with Crippen molar-refractivity contribution in [1.29, 1.82) is 5.41 Å². The zero-order chi connectivity index (χ0) is 15.1. The molecule has 1 aliphatic heterocycles. The molecular weight excluding hydrogens is 383 g/mol. The molecule has 0 saturated heterocycles. The van der Waals surface area contributed by atoms with Crippen LogP contribution in [0.4, 0.5) is 0 Å². The highest BCUT2D eigenvalue weighted by molar-refractivity contribution is 8.93. The summed E-state index contributed by atoms with van der Waals surface area (Å²) in [4.78, 5) is 2.05. The number of aryl methyl sites for hydroxylation is 2. The summed E-state index contributed by atoms with van der Waals surface area (Å²) < 4.78 is 0. The Labute approximate surface area is 151 Å². The highest BCUT2D eigenvalue weighted by Gasteiger charge is 2.25. The van der Waals surface area contributed by atoms with E-state index in [2.05, 4.69) is 32.0 Å². The van der Waals surface area contributed by atoms with Crippen LogP contribution >= 0.6 is 40.2 Å². The van der Waals surface area contributed by atoms with E-state index in [0.29, 0.717) is 22.4 Å². The summed E-state index contributed by atoms with van der Waals surface area (Å²) in [7, 11) is 0. The first kappa shape index (κ1) is 17.3. The minimum atomic E-state index is 0. The van der Waals surface area contributed by atoms with Crippen LogP contribution in [0, 0.1) is 19.3 Å². The number of hydrogen-bond donors (Lipinski definition) is 1. The molecule has 116 valence electrons. The van der Waals surface area contributed by atoms with Crippen LogP contribution < -0.4 is 0 Å². The molecule has 1 N–H and O–H groups in total. The lowest BCUT2D eigenvalue weighted by Crippen LogP contribution is -2.23. The second kappa shape index (κ2) is 6.61. The number of nitrogens with zero attached hydrogens (tertiary/aromatic N) is 1. The smallest absolute Gasteiger partial charge is 0.129 e. The molecule has 22 heavy (non-hydrogen) atoms. The van der Waals surface area contributed by atoms with Gasteiger partial charge < -0.3 is 4.90 Å². The van der Waals surface area contributed by atoms with Crippen molar-refractivity contribution in [2.75, 3.05) is 0 Å².